The summed E-state index contributed by atoms with van der Waals surface area (Å²) in [6.07, 6.45) is 0. The molecule has 0 saturated heterocycles. The number of hydrogen-bond acceptors (Lipinski definition) is 4. The summed E-state index contributed by atoms with van der Waals surface area (Å²) in [6, 6.07) is 18.3. The van der Waals surface area contributed by atoms with E-state index in [2.05, 4.69) is 28.5 Å². The molecule has 0 bridgehead atoms. The van der Waals surface area contributed by atoms with Crippen molar-refractivity contribution < 1.29 is 9.47 Å². The predicted molar refractivity (Wildman–Crippen MR) is 111 cm³/mol. The molecule has 5 heteroatoms. The number of rotatable bonds is 6. The number of amidine groups is 1. The fourth-order valence-electron chi connectivity index (χ4n) is 3.39. The van der Waals surface area contributed by atoms with Crippen molar-refractivity contribution >= 4 is 28.2 Å². The highest BCUT2D eigenvalue weighted by Gasteiger charge is 2.22. The first-order valence-corrected chi connectivity index (χ1v) is 9.38. The molecular weight excluding hydrogens is 360 g/mol. The van der Waals surface area contributed by atoms with Gasteiger partial charge in [-0.05, 0) is 22.9 Å². The normalized spacial score (nSPS) is 13.5. The third-order valence-corrected chi connectivity index (χ3v) is 4.94. The van der Waals surface area contributed by atoms with Crippen LogP contribution in [0.1, 0.15) is 5.56 Å². The Labute approximate surface area is 163 Å². The highest BCUT2D eigenvalue weighted by Crippen LogP contribution is 2.43. The highest BCUT2D eigenvalue weighted by atomic mass is 35.5. The van der Waals surface area contributed by atoms with Gasteiger partial charge in [-0.3, -0.25) is 4.99 Å². The smallest absolute Gasteiger partial charge is 0.138 e. The van der Waals surface area contributed by atoms with Crippen LogP contribution in [0.3, 0.4) is 0 Å². The van der Waals surface area contributed by atoms with Gasteiger partial charge in [0.15, 0.2) is 0 Å². The summed E-state index contributed by atoms with van der Waals surface area (Å²) < 4.78 is 11.4. The fourth-order valence-corrected chi connectivity index (χ4v) is 3.62. The third kappa shape index (κ3) is 3.51. The summed E-state index contributed by atoms with van der Waals surface area (Å²) in [5.41, 5.74) is 2.89. The maximum Gasteiger partial charge on any atom is 0.138 e. The van der Waals surface area contributed by atoms with Crippen molar-refractivity contribution in [2.24, 2.45) is 4.99 Å². The molecule has 0 unspecified atom stereocenters. The number of methoxy groups -OCH3 is 1. The third-order valence-electron chi connectivity index (χ3n) is 4.61. The molecule has 1 aliphatic rings. The van der Waals surface area contributed by atoms with Gasteiger partial charge in [-0.2, -0.15) is 0 Å². The Balaban J connectivity index is 2.01. The first-order chi connectivity index (χ1) is 13.3. The first kappa shape index (κ1) is 17.8. The summed E-state index contributed by atoms with van der Waals surface area (Å²) in [6.45, 7) is 2.56. The predicted octanol–water partition coefficient (Wildman–Crippen LogP) is 4.54. The maximum atomic E-state index is 6.58. The van der Waals surface area contributed by atoms with E-state index in [9.17, 15) is 0 Å². The van der Waals surface area contributed by atoms with E-state index >= 15 is 0 Å². The lowest BCUT2D eigenvalue weighted by Gasteiger charge is -2.20. The van der Waals surface area contributed by atoms with Gasteiger partial charge in [0.1, 0.15) is 18.2 Å². The van der Waals surface area contributed by atoms with Crippen molar-refractivity contribution in [3.8, 4) is 16.9 Å². The van der Waals surface area contributed by atoms with Crippen molar-refractivity contribution in [2.45, 2.75) is 0 Å². The van der Waals surface area contributed by atoms with Crippen LogP contribution in [0.15, 0.2) is 59.6 Å². The summed E-state index contributed by atoms with van der Waals surface area (Å²) in [4.78, 5) is 4.62. The lowest BCUT2D eigenvalue weighted by molar-refractivity contribution is 0.146. The van der Waals surface area contributed by atoms with E-state index in [1.807, 2.05) is 36.4 Å². The average molecular weight is 381 g/mol. The Morgan fingerprint density at radius 3 is 2.63 bits per heavy atom. The van der Waals surface area contributed by atoms with Crippen LogP contribution in [0.4, 0.5) is 0 Å². The van der Waals surface area contributed by atoms with Crippen molar-refractivity contribution in [1.29, 1.82) is 0 Å². The Morgan fingerprint density at radius 2 is 1.85 bits per heavy atom. The van der Waals surface area contributed by atoms with E-state index in [-0.39, 0.29) is 0 Å². The maximum absolute atomic E-state index is 6.58. The van der Waals surface area contributed by atoms with Crippen LogP contribution in [-0.2, 0) is 4.74 Å². The number of nitrogens with zero attached hydrogens (tertiary/aromatic N) is 1. The Morgan fingerprint density at radius 1 is 1.04 bits per heavy atom. The van der Waals surface area contributed by atoms with Gasteiger partial charge in [0.25, 0.3) is 0 Å². The van der Waals surface area contributed by atoms with Crippen LogP contribution in [0.5, 0.6) is 5.75 Å². The van der Waals surface area contributed by atoms with Gasteiger partial charge < -0.3 is 14.8 Å². The first-order valence-electron chi connectivity index (χ1n) is 9.00. The number of ether oxygens (including phenoxy) is 2. The van der Waals surface area contributed by atoms with Gasteiger partial charge in [-0.25, -0.2) is 0 Å². The van der Waals surface area contributed by atoms with Crippen molar-refractivity contribution in [2.75, 3.05) is 33.4 Å². The number of fused-ring (bicyclic) bond motifs is 1. The second-order valence-electron chi connectivity index (χ2n) is 6.33. The number of hydrogen-bond donors (Lipinski definition) is 1. The van der Waals surface area contributed by atoms with E-state index in [0.717, 1.165) is 52.1 Å². The second-order valence-corrected chi connectivity index (χ2v) is 6.73. The number of benzene rings is 3. The number of nitrogens with one attached hydrogen (secondary N) is 1. The number of aliphatic imine (C=N–C) groups is 1. The van der Waals surface area contributed by atoms with Crippen LogP contribution in [0, 0.1) is 0 Å². The van der Waals surface area contributed by atoms with Crippen LogP contribution < -0.4 is 10.1 Å². The molecule has 0 atom stereocenters. The number of halogens is 1. The standard InChI is InChI=1S/C22H21ClN2O2/c1-26-12-13-27-21-18(22-24-10-11-25-22)14-15-6-2-3-7-16(15)20(21)17-8-4-5-9-19(17)23/h2-9,14H,10-13H2,1H3,(H,24,25). The van der Waals surface area contributed by atoms with E-state index < -0.39 is 0 Å². The van der Waals surface area contributed by atoms with Gasteiger partial charge in [0, 0.05) is 29.8 Å². The molecule has 0 saturated carbocycles. The molecular formula is C22H21ClN2O2. The quantitative estimate of drug-likeness (QED) is 0.638. The van der Waals surface area contributed by atoms with Gasteiger partial charge in [-0.15, -0.1) is 0 Å². The highest BCUT2D eigenvalue weighted by molar-refractivity contribution is 6.34. The zero-order chi connectivity index (χ0) is 18.6. The summed E-state index contributed by atoms with van der Waals surface area (Å²) in [5.74, 6) is 1.65. The van der Waals surface area contributed by atoms with E-state index in [4.69, 9.17) is 21.1 Å². The molecule has 0 aliphatic carbocycles. The second kappa shape index (κ2) is 7.99. The molecule has 27 heavy (non-hydrogen) atoms. The van der Waals surface area contributed by atoms with Gasteiger partial charge in [0.2, 0.25) is 0 Å². The molecule has 138 valence electrons. The SMILES string of the molecule is COCCOc1c(C2=NCCN2)cc2ccccc2c1-c1ccccc1Cl. The molecule has 1 heterocycles. The molecule has 0 aromatic heterocycles. The summed E-state index contributed by atoms with van der Waals surface area (Å²) >= 11 is 6.58. The topological polar surface area (TPSA) is 42.9 Å². The van der Waals surface area contributed by atoms with Crippen LogP contribution in [-0.4, -0.2) is 39.2 Å². The Bertz CT molecular complexity index is 1000. The molecule has 0 radical (unpaired) electrons. The lowest BCUT2D eigenvalue weighted by Crippen LogP contribution is -2.21. The van der Waals surface area contributed by atoms with E-state index in [1.165, 1.54) is 0 Å². The molecule has 3 aromatic carbocycles. The molecule has 3 aromatic rings. The van der Waals surface area contributed by atoms with Crippen LogP contribution in [0.2, 0.25) is 5.02 Å². The molecule has 1 N–H and O–H groups in total. The van der Waals surface area contributed by atoms with Crippen molar-refractivity contribution in [3.63, 3.8) is 0 Å². The minimum atomic E-state index is 0.451. The van der Waals surface area contributed by atoms with Gasteiger partial charge in [-0.1, -0.05) is 54.1 Å². The Hall–Kier alpha value is -2.56. The monoisotopic (exact) mass is 380 g/mol. The molecule has 4 nitrogen and oxygen atoms in total. The van der Waals surface area contributed by atoms with Gasteiger partial charge >= 0.3 is 0 Å². The molecule has 0 amide bonds. The van der Waals surface area contributed by atoms with Crippen molar-refractivity contribution in [3.05, 3.63) is 65.2 Å². The molecule has 1 aliphatic heterocycles. The van der Waals surface area contributed by atoms with Crippen molar-refractivity contribution in [1.82, 2.24) is 5.32 Å². The molecule has 0 fully saturated rings. The zero-order valence-corrected chi connectivity index (χ0v) is 15.9. The zero-order valence-electron chi connectivity index (χ0n) is 15.2. The van der Waals surface area contributed by atoms with E-state index in [0.29, 0.717) is 18.2 Å². The Kier molecular flexibility index (Phi) is 5.28. The minimum absolute atomic E-state index is 0.451. The lowest BCUT2D eigenvalue weighted by atomic mass is 9.93. The minimum Gasteiger partial charge on any atom is -0.490 e. The molecule has 0 spiro atoms. The van der Waals surface area contributed by atoms with E-state index in [1.54, 1.807) is 7.11 Å². The van der Waals surface area contributed by atoms with Crippen LogP contribution in [0.25, 0.3) is 21.9 Å². The van der Waals surface area contributed by atoms with Crippen LogP contribution >= 0.6 is 11.6 Å². The molecule has 4 rings (SSSR count). The van der Waals surface area contributed by atoms with Gasteiger partial charge in [0.05, 0.1) is 18.7 Å². The summed E-state index contributed by atoms with van der Waals surface area (Å²) in [5, 5.41) is 6.28. The summed E-state index contributed by atoms with van der Waals surface area (Å²) in [7, 11) is 1.67. The fraction of sp³-hybridized carbons (Fsp3) is 0.227. The average Bonchev–Trinajstić information content (AvgIpc) is 3.23. The largest absolute Gasteiger partial charge is 0.490 e.